The highest BCUT2D eigenvalue weighted by molar-refractivity contribution is 6.30. The molecule has 0 saturated carbocycles. The van der Waals surface area contributed by atoms with Gasteiger partial charge in [-0.25, -0.2) is 0 Å². The predicted molar refractivity (Wildman–Crippen MR) is 47.9 cm³/mol. The van der Waals surface area contributed by atoms with Gasteiger partial charge in [0.2, 0.25) is 0 Å². The Bertz CT molecular complexity index is 371. The number of benzene rings is 1. The van der Waals surface area contributed by atoms with Crippen molar-refractivity contribution in [3.63, 3.8) is 0 Å². The molecule has 0 aliphatic rings. The number of rotatable bonds is 2. The Labute approximate surface area is 79.5 Å². The number of halogens is 1. The maximum absolute atomic E-state index is 5.70. The first-order valence-corrected chi connectivity index (χ1v) is 4.01. The molecular formula is C8H6ClN3O. The molecule has 0 fully saturated rings. The number of aromatic amines is 1. The van der Waals surface area contributed by atoms with Crippen LogP contribution in [0.15, 0.2) is 30.5 Å². The third kappa shape index (κ3) is 1.97. The highest BCUT2D eigenvalue weighted by Gasteiger charge is 1.98. The molecular weight excluding hydrogens is 190 g/mol. The summed E-state index contributed by atoms with van der Waals surface area (Å²) >= 11 is 5.70. The zero-order chi connectivity index (χ0) is 9.10. The molecule has 0 amide bonds. The number of H-pyrrole nitrogens is 1. The minimum Gasteiger partial charge on any atom is -0.436 e. The summed E-state index contributed by atoms with van der Waals surface area (Å²) in [5.41, 5.74) is 0. The monoisotopic (exact) mass is 195 g/mol. The first-order valence-electron chi connectivity index (χ1n) is 3.64. The van der Waals surface area contributed by atoms with Crippen LogP contribution in [0, 0.1) is 0 Å². The highest BCUT2D eigenvalue weighted by atomic mass is 35.5. The van der Waals surface area contributed by atoms with Gasteiger partial charge in [-0.1, -0.05) is 11.6 Å². The van der Waals surface area contributed by atoms with Crippen LogP contribution in [0.25, 0.3) is 0 Å². The van der Waals surface area contributed by atoms with Crippen LogP contribution in [0.5, 0.6) is 11.6 Å². The van der Waals surface area contributed by atoms with E-state index < -0.39 is 0 Å². The number of aromatic nitrogens is 3. The summed E-state index contributed by atoms with van der Waals surface area (Å²) in [5.74, 6) is 1.11. The lowest BCUT2D eigenvalue weighted by atomic mass is 10.3. The van der Waals surface area contributed by atoms with Crippen molar-refractivity contribution in [3.8, 4) is 11.6 Å². The van der Waals surface area contributed by atoms with Crippen LogP contribution in [0.1, 0.15) is 0 Å². The Morgan fingerprint density at radius 2 is 2.00 bits per heavy atom. The molecule has 5 heteroatoms. The molecule has 0 spiro atoms. The van der Waals surface area contributed by atoms with Gasteiger partial charge in [-0.2, -0.15) is 10.3 Å². The normalized spacial score (nSPS) is 9.92. The maximum atomic E-state index is 5.70. The summed E-state index contributed by atoms with van der Waals surface area (Å²) in [5, 5.41) is 10.5. The molecule has 0 bridgehead atoms. The van der Waals surface area contributed by atoms with Crippen LogP contribution in [0.4, 0.5) is 0 Å². The van der Waals surface area contributed by atoms with Crippen molar-refractivity contribution in [2.75, 3.05) is 0 Å². The van der Waals surface area contributed by atoms with Gasteiger partial charge in [0.25, 0.3) is 5.88 Å². The zero-order valence-electron chi connectivity index (χ0n) is 6.57. The molecule has 2 aromatic rings. The lowest BCUT2D eigenvalue weighted by Crippen LogP contribution is -1.83. The van der Waals surface area contributed by atoms with Gasteiger partial charge in [0.05, 0.1) is 0 Å². The van der Waals surface area contributed by atoms with Gasteiger partial charge < -0.3 is 4.74 Å². The molecule has 1 N–H and O–H groups in total. The number of hydrogen-bond donors (Lipinski definition) is 1. The molecule has 0 radical (unpaired) electrons. The van der Waals surface area contributed by atoms with Crippen LogP contribution < -0.4 is 4.74 Å². The molecule has 1 aromatic carbocycles. The summed E-state index contributed by atoms with van der Waals surface area (Å²) in [4.78, 5) is 0. The van der Waals surface area contributed by atoms with Crippen molar-refractivity contribution in [3.05, 3.63) is 35.5 Å². The molecule has 4 nitrogen and oxygen atoms in total. The van der Waals surface area contributed by atoms with E-state index in [0.717, 1.165) is 0 Å². The van der Waals surface area contributed by atoms with Crippen LogP contribution >= 0.6 is 11.6 Å². The van der Waals surface area contributed by atoms with Crippen LogP contribution in [-0.2, 0) is 0 Å². The largest absolute Gasteiger partial charge is 0.436 e. The topological polar surface area (TPSA) is 50.8 Å². The standard InChI is InChI=1S/C8H6ClN3O/c9-6-1-3-7(4-2-6)13-8-5-10-12-11-8/h1-5H,(H,10,11,12). The predicted octanol–water partition coefficient (Wildman–Crippen LogP) is 2.25. The fourth-order valence-corrected chi connectivity index (χ4v) is 0.990. The average Bonchev–Trinajstić information content (AvgIpc) is 2.62. The smallest absolute Gasteiger partial charge is 0.258 e. The van der Waals surface area contributed by atoms with E-state index in [9.17, 15) is 0 Å². The van der Waals surface area contributed by atoms with Gasteiger partial charge >= 0.3 is 0 Å². The van der Waals surface area contributed by atoms with Gasteiger partial charge in [-0.15, -0.1) is 5.10 Å². The molecule has 1 aromatic heterocycles. The quantitative estimate of drug-likeness (QED) is 0.800. The Balaban J connectivity index is 2.15. The van der Waals surface area contributed by atoms with Crippen molar-refractivity contribution in [1.29, 1.82) is 0 Å². The molecule has 0 aliphatic heterocycles. The number of nitrogens with zero attached hydrogens (tertiary/aromatic N) is 2. The van der Waals surface area contributed by atoms with E-state index in [1.54, 1.807) is 24.3 Å². The van der Waals surface area contributed by atoms with Crippen LogP contribution in [0.2, 0.25) is 5.02 Å². The summed E-state index contributed by atoms with van der Waals surface area (Å²) in [6.45, 7) is 0. The molecule has 66 valence electrons. The highest BCUT2D eigenvalue weighted by Crippen LogP contribution is 2.19. The Hall–Kier alpha value is -1.55. The summed E-state index contributed by atoms with van der Waals surface area (Å²) < 4.78 is 5.31. The molecule has 0 saturated heterocycles. The fourth-order valence-electron chi connectivity index (χ4n) is 0.864. The first-order chi connectivity index (χ1) is 6.34. The minimum absolute atomic E-state index is 0.433. The molecule has 1 heterocycles. The van der Waals surface area contributed by atoms with E-state index >= 15 is 0 Å². The van der Waals surface area contributed by atoms with Crippen molar-refractivity contribution >= 4 is 11.6 Å². The zero-order valence-corrected chi connectivity index (χ0v) is 7.32. The summed E-state index contributed by atoms with van der Waals surface area (Å²) in [6, 6.07) is 7.02. The van der Waals surface area contributed by atoms with Crippen LogP contribution in [0.3, 0.4) is 0 Å². The average molecular weight is 196 g/mol. The Morgan fingerprint density at radius 3 is 2.62 bits per heavy atom. The molecule has 0 aliphatic carbocycles. The van der Waals surface area contributed by atoms with E-state index in [4.69, 9.17) is 16.3 Å². The second-order valence-corrected chi connectivity index (χ2v) is 2.80. The number of nitrogens with one attached hydrogen (secondary N) is 1. The van der Waals surface area contributed by atoms with E-state index in [0.29, 0.717) is 16.7 Å². The van der Waals surface area contributed by atoms with Gasteiger partial charge in [0.15, 0.2) is 0 Å². The third-order valence-electron chi connectivity index (χ3n) is 1.43. The van der Waals surface area contributed by atoms with Crippen LogP contribution in [-0.4, -0.2) is 15.4 Å². The van der Waals surface area contributed by atoms with Gasteiger partial charge in [0, 0.05) is 5.02 Å². The third-order valence-corrected chi connectivity index (χ3v) is 1.68. The summed E-state index contributed by atoms with van der Waals surface area (Å²) in [7, 11) is 0. The van der Waals surface area contributed by atoms with E-state index in [1.807, 2.05) is 0 Å². The molecule has 0 atom stereocenters. The van der Waals surface area contributed by atoms with Gasteiger partial charge in [-0.05, 0) is 24.3 Å². The van der Waals surface area contributed by atoms with E-state index in [-0.39, 0.29) is 0 Å². The van der Waals surface area contributed by atoms with Crippen molar-refractivity contribution < 1.29 is 4.74 Å². The number of ether oxygens (including phenoxy) is 1. The molecule has 13 heavy (non-hydrogen) atoms. The second kappa shape index (κ2) is 3.45. The lowest BCUT2D eigenvalue weighted by molar-refractivity contribution is 0.461. The first kappa shape index (κ1) is 8.07. The van der Waals surface area contributed by atoms with Crippen molar-refractivity contribution in [1.82, 2.24) is 15.4 Å². The minimum atomic E-state index is 0.433. The number of hydrogen-bond acceptors (Lipinski definition) is 3. The molecule has 2 rings (SSSR count). The van der Waals surface area contributed by atoms with Gasteiger partial charge in [-0.3, -0.25) is 0 Å². The maximum Gasteiger partial charge on any atom is 0.258 e. The Morgan fingerprint density at radius 1 is 1.23 bits per heavy atom. The summed E-state index contributed by atoms with van der Waals surface area (Å²) in [6.07, 6.45) is 1.49. The molecule has 0 unspecified atom stereocenters. The van der Waals surface area contributed by atoms with E-state index in [2.05, 4.69) is 15.4 Å². The fraction of sp³-hybridized carbons (Fsp3) is 0. The lowest BCUT2D eigenvalue weighted by Gasteiger charge is -1.99. The van der Waals surface area contributed by atoms with Gasteiger partial charge in [0.1, 0.15) is 11.9 Å². The Kier molecular flexibility index (Phi) is 2.14. The van der Waals surface area contributed by atoms with E-state index in [1.165, 1.54) is 6.20 Å². The second-order valence-electron chi connectivity index (χ2n) is 2.36. The van der Waals surface area contributed by atoms with Crippen molar-refractivity contribution in [2.45, 2.75) is 0 Å². The SMILES string of the molecule is Clc1ccc(Oc2cn[nH]n2)cc1. The van der Waals surface area contributed by atoms with Crippen molar-refractivity contribution in [2.24, 2.45) is 0 Å².